The van der Waals surface area contributed by atoms with Gasteiger partial charge in [0.25, 0.3) is 0 Å². The minimum Gasteiger partial charge on any atom is -0.454 e. The van der Waals surface area contributed by atoms with Crippen molar-refractivity contribution in [1.29, 1.82) is 0 Å². The Kier molecular flexibility index (Phi) is 8.19. The van der Waals surface area contributed by atoms with Crippen molar-refractivity contribution in [3.05, 3.63) is 224 Å². The van der Waals surface area contributed by atoms with E-state index >= 15 is 0 Å². The smallest absolute Gasteiger partial charge is 0.159 e. The number of benzene rings is 10. The van der Waals surface area contributed by atoms with Crippen LogP contribution in [-0.4, -0.2) is 0 Å². The lowest BCUT2D eigenvalue weighted by atomic mass is 9.84. The highest BCUT2D eigenvalue weighted by atomic mass is 16.3. The van der Waals surface area contributed by atoms with E-state index in [-0.39, 0.29) is 0 Å². The Hall–Kier alpha value is -7.68. The van der Waals surface area contributed by atoms with E-state index in [0.717, 1.165) is 61.3 Å². The molecule has 272 valence electrons. The summed E-state index contributed by atoms with van der Waals surface area (Å²) in [4.78, 5) is 2.37. The molecule has 0 spiro atoms. The van der Waals surface area contributed by atoms with Crippen molar-refractivity contribution in [2.75, 3.05) is 4.90 Å². The topological polar surface area (TPSA) is 16.4 Å². The number of fused-ring (bicyclic) bond motifs is 6. The van der Waals surface area contributed by atoms with E-state index in [2.05, 4.69) is 223 Å². The molecule has 1 aromatic heterocycles. The predicted molar refractivity (Wildman–Crippen MR) is 245 cm³/mol. The van der Waals surface area contributed by atoms with Gasteiger partial charge in [0.2, 0.25) is 0 Å². The van der Waals surface area contributed by atoms with Crippen LogP contribution in [0.2, 0.25) is 0 Å². The molecule has 1 heterocycles. The maximum absolute atomic E-state index is 6.71. The average Bonchev–Trinajstić information content (AvgIpc) is 3.69. The number of furan rings is 1. The summed E-state index contributed by atoms with van der Waals surface area (Å²) in [6, 6.07) is 80.6. The first kappa shape index (κ1) is 33.6. The first-order valence-electron chi connectivity index (χ1n) is 19.8. The van der Waals surface area contributed by atoms with Crippen molar-refractivity contribution in [3.8, 4) is 44.5 Å². The van der Waals surface area contributed by atoms with Crippen LogP contribution in [0, 0.1) is 0 Å². The largest absolute Gasteiger partial charge is 0.454 e. The molecular weight excluding hydrogens is 703 g/mol. The van der Waals surface area contributed by atoms with Crippen molar-refractivity contribution in [3.63, 3.8) is 0 Å². The fourth-order valence-electron chi connectivity index (χ4n) is 8.85. The molecule has 2 nitrogen and oxygen atoms in total. The minimum absolute atomic E-state index is 0.857. The van der Waals surface area contributed by atoms with Crippen LogP contribution in [0.4, 0.5) is 17.1 Å². The highest BCUT2D eigenvalue weighted by Crippen LogP contribution is 2.48. The fourth-order valence-corrected chi connectivity index (χ4v) is 8.85. The van der Waals surface area contributed by atoms with Crippen molar-refractivity contribution in [2.24, 2.45) is 0 Å². The van der Waals surface area contributed by atoms with Crippen LogP contribution in [0.1, 0.15) is 0 Å². The Balaban J connectivity index is 1.16. The number of nitrogens with zero attached hydrogens (tertiary/aromatic N) is 1. The summed E-state index contributed by atoms with van der Waals surface area (Å²) in [5.74, 6) is 0. The average molecular weight is 740 g/mol. The molecule has 11 rings (SSSR count). The molecule has 0 saturated carbocycles. The Morgan fingerprint density at radius 3 is 1.57 bits per heavy atom. The molecule has 0 N–H and O–H groups in total. The van der Waals surface area contributed by atoms with Crippen molar-refractivity contribution >= 4 is 60.5 Å². The number of anilines is 3. The van der Waals surface area contributed by atoms with E-state index in [1.54, 1.807) is 0 Å². The van der Waals surface area contributed by atoms with Gasteiger partial charge in [0.15, 0.2) is 5.58 Å². The summed E-state index contributed by atoms with van der Waals surface area (Å²) in [5, 5.41) is 7.17. The number of hydrogen-bond donors (Lipinski definition) is 0. The van der Waals surface area contributed by atoms with Gasteiger partial charge in [0, 0.05) is 22.0 Å². The van der Waals surface area contributed by atoms with E-state index in [0.29, 0.717) is 0 Å². The van der Waals surface area contributed by atoms with Gasteiger partial charge in [-0.2, -0.15) is 0 Å². The summed E-state index contributed by atoms with van der Waals surface area (Å²) in [5.41, 5.74) is 14.3. The van der Waals surface area contributed by atoms with E-state index in [9.17, 15) is 0 Å². The number of para-hydroxylation sites is 3. The van der Waals surface area contributed by atoms with Gasteiger partial charge in [-0.05, 0) is 96.9 Å². The zero-order valence-corrected chi connectivity index (χ0v) is 31.7. The molecule has 0 atom stereocenters. The highest BCUT2D eigenvalue weighted by molar-refractivity contribution is 6.22. The highest BCUT2D eigenvalue weighted by Gasteiger charge is 2.23. The fraction of sp³-hybridized carbons (Fsp3) is 0. The van der Waals surface area contributed by atoms with Gasteiger partial charge in [-0.1, -0.05) is 188 Å². The third kappa shape index (κ3) is 5.66. The van der Waals surface area contributed by atoms with Crippen LogP contribution >= 0.6 is 0 Å². The van der Waals surface area contributed by atoms with Gasteiger partial charge in [0.05, 0.1) is 11.4 Å². The molecule has 11 aromatic rings. The second-order valence-electron chi connectivity index (χ2n) is 14.8. The van der Waals surface area contributed by atoms with Crippen LogP contribution in [-0.2, 0) is 0 Å². The van der Waals surface area contributed by atoms with Gasteiger partial charge in [0.1, 0.15) is 5.58 Å². The third-order valence-electron chi connectivity index (χ3n) is 11.4. The van der Waals surface area contributed by atoms with E-state index in [1.165, 1.54) is 43.8 Å². The van der Waals surface area contributed by atoms with Crippen LogP contribution < -0.4 is 4.90 Å². The van der Waals surface area contributed by atoms with Gasteiger partial charge < -0.3 is 9.32 Å². The zero-order chi connectivity index (χ0) is 38.4. The number of hydrogen-bond acceptors (Lipinski definition) is 2. The van der Waals surface area contributed by atoms with Crippen LogP contribution in [0.5, 0.6) is 0 Å². The van der Waals surface area contributed by atoms with Crippen molar-refractivity contribution in [2.45, 2.75) is 0 Å². The summed E-state index contributed by atoms with van der Waals surface area (Å²) in [6.07, 6.45) is 0. The van der Waals surface area contributed by atoms with Crippen LogP contribution in [0.3, 0.4) is 0 Å². The Morgan fingerprint density at radius 1 is 0.293 bits per heavy atom. The summed E-state index contributed by atoms with van der Waals surface area (Å²) in [6.45, 7) is 0. The molecule has 0 fully saturated rings. The monoisotopic (exact) mass is 739 g/mol. The second-order valence-corrected chi connectivity index (χ2v) is 14.8. The van der Waals surface area contributed by atoms with Crippen LogP contribution in [0.25, 0.3) is 88.0 Å². The Bertz CT molecular complexity index is 3270. The summed E-state index contributed by atoms with van der Waals surface area (Å²) >= 11 is 0. The SMILES string of the molecule is c1ccc(-c2ccccc2N(c2cccc(-c3ccc4c(c3)c(-c3ccccc3)c(-c3ccccc3)c3ccccc34)c2)c2cccc3c2oc2ccccc23)cc1. The molecule has 0 aliphatic rings. The predicted octanol–water partition coefficient (Wildman–Crippen LogP) is 16.0. The lowest BCUT2D eigenvalue weighted by molar-refractivity contribution is 0.669. The van der Waals surface area contributed by atoms with E-state index in [1.807, 2.05) is 6.07 Å². The molecular formula is C56H37NO. The van der Waals surface area contributed by atoms with Crippen molar-refractivity contribution in [1.82, 2.24) is 0 Å². The van der Waals surface area contributed by atoms with E-state index < -0.39 is 0 Å². The Labute approximate surface area is 337 Å². The molecule has 10 aromatic carbocycles. The molecule has 2 heteroatoms. The molecule has 0 aliphatic heterocycles. The van der Waals surface area contributed by atoms with Gasteiger partial charge in [-0.25, -0.2) is 0 Å². The molecule has 0 radical (unpaired) electrons. The van der Waals surface area contributed by atoms with Gasteiger partial charge in [-0.3, -0.25) is 0 Å². The third-order valence-corrected chi connectivity index (χ3v) is 11.4. The lowest BCUT2D eigenvalue weighted by Gasteiger charge is -2.28. The zero-order valence-electron chi connectivity index (χ0n) is 31.7. The maximum Gasteiger partial charge on any atom is 0.159 e. The maximum atomic E-state index is 6.71. The summed E-state index contributed by atoms with van der Waals surface area (Å²) < 4.78 is 6.71. The quantitative estimate of drug-likeness (QED) is 0.151. The standard InChI is InChI=1S/C56H37NO/c1-4-18-38(19-5-1)44-26-12-14-31-51(44)57(52-32-17-30-49-47-28-13-15-33-53(47)58-56(49)52)43-25-16-24-41(36-43)42-34-35-46-45-27-10-11-29-48(45)54(39-20-6-2-7-21-39)55(50(46)37-42)40-22-8-3-9-23-40/h1-37H. The van der Waals surface area contributed by atoms with Gasteiger partial charge in [-0.15, -0.1) is 0 Å². The molecule has 0 unspecified atom stereocenters. The molecule has 0 bridgehead atoms. The minimum atomic E-state index is 0.857. The van der Waals surface area contributed by atoms with Gasteiger partial charge >= 0.3 is 0 Å². The Morgan fingerprint density at radius 2 is 0.810 bits per heavy atom. The van der Waals surface area contributed by atoms with Crippen molar-refractivity contribution < 1.29 is 4.42 Å². The first-order chi connectivity index (χ1) is 28.8. The normalized spacial score (nSPS) is 11.4. The molecule has 0 aliphatic carbocycles. The first-order valence-corrected chi connectivity index (χ1v) is 19.8. The van der Waals surface area contributed by atoms with Crippen LogP contribution in [0.15, 0.2) is 229 Å². The second kappa shape index (κ2) is 14.1. The number of rotatable bonds is 7. The lowest BCUT2D eigenvalue weighted by Crippen LogP contribution is -2.11. The molecule has 58 heavy (non-hydrogen) atoms. The molecule has 0 amide bonds. The summed E-state index contributed by atoms with van der Waals surface area (Å²) in [7, 11) is 0. The molecule has 0 saturated heterocycles. The van der Waals surface area contributed by atoms with E-state index in [4.69, 9.17) is 4.42 Å².